The zero-order valence-corrected chi connectivity index (χ0v) is 17.0. The maximum atomic E-state index is 12.5. The van der Waals surface area contributed by atoms with Gasteiger partial charge in [-0.2, -0.15) is 5.10 Å². The van der Waals surface area contributed by atoms with Crippen LogP contribution < -0.4 is 19.8 Å². The van der Waals surface area contributed by atoms with E-state index in [9.17, 15) is 4.79 Å². The normalized spacial score (nSPS) is 13.3. The van der Waals surface area contributed by atoms with Crippen molar-refractivity contribution in [2.45, 2.75) is 26.8 Å². The molecule has 7 heteroatoms. The van der Waals surface area contributed by atoms with E-state index in [0.717, 1.165) is 29.9 Å². The monoisotopic (exact) mass is 401 g/mol. The Labute approximate surface area is 170 Å². The second kappa shape index (κ2) is 8.97. The van der Waals surface area contributed by atoms with Crippen LogP contribution >= 0.6 is 11.6 Å². The number of benzene rings is 2. The predicted octanol–water partition coefficient (Wildman–Crippen LogP) is 4.26. The number of amides is 1. The smallest absolute Gasteiger partial charge is 0.251 e. The standard InChI is InChI=1S/C21H24ClN3O3/c1-4-28-20-18(22)11-15(12-19(20)27-3)13-23-21(26)16-5-7-17(8-6-16)25-10-9-14(2)24-25/h5-8,11-12H,4,9-10,13H2,1-3H3,(H,23,26). The van der Waals surface area contributed by atoms with Crippen molar-refractivity contribution in [1.82, 2.24) is 5.32 Å². The van der Waals surface area contributed by atoms with E-state index in [2.05, 4.69) is 10.4 Å². The molecule has 3 rings (SSSR count). The number of anilines is 1. The van der Waals surface area contributed by atoms with Gasteiger partial charge in [0.1, 0.15) is 0 Å². The lowest BCUT2D eigenvalue weighted by Gasteiger charge is -2.15. The molecular formula is C21H24ClN3O3. The van der Waals surface area contributed by atoms with Crippen molar-refractivity contribution in [3.8, 4) is 11.5 Å². The summed E-state index contributed by atoms with van der Waals surface area (Å²) in [6.07, 6.45) is 0.969. The molecule has 0 aliphatic carbocycles. The minimum atomic E-state index is -0.156. The largest absolute Gasteiger partial charge is 0.493 e. The van der Waals surface area contributed by atoms with Gasteiger partial charge in [0.2, 0.25) is 0 Å². The van der Waals surface area contributed by atoms with E-state index >= 15 is 0 Å². The second-order valence-corrected chi connectivity index (χ2v) is 6.89. The first-order chi connectivity index (χ1) is 13.5. The number of methoxy groups -OCH3 is 1. The molecule has 0 spiro atoms. The van der Waals surface area contributed by atoms with E-state index in [1.165, 1.54) is 0 Å². The molecule has 1 heterocycles. The minimum absolute atomic E-state index is 0.156. The lowest BCUT2D eigenvalue weighted by atomic mass is 10.1. The van der Waals surface area contributed by atoms with Crippen LogP contribution in [-0.4, -0.2) is 31.9 Å². The molecular weight excluding hydrogens is 378 g/mol. The Balaban J connectivity index is 1.64. The van der Waals surface area contributed by atoms with Crippen LogP contribution in [0, 0.1) is 0 Å². The summed E-state index contributed by atoms with van der Waals surface area (Å²) in [6.45, 7) is 5.59. The van der Waals surface area contributed by atoms with E-state index in [-0.39, 0.29) is 5.91 Å². The highest BCUT2D eigenvalue weighted by atomic mass is 35.5. The van der Waals surface area contributed by atoms with Gasteiger partial charge in [-0.05, 0) is 55.8 Å². The van der Waals surface area contributed by atoms with Crippen LogP contribution in [0.25, 0.3) is 0 Å². The Morgan fingerprint density at radius 2 is 2.04 bits per heavy atom. The summed E-state index contributed by atoms with van der Waals surface area (Å²) >= 11 is 6.28. The first kappa shape index (κ1) is 20.0. The number of hydrogen-bond donors (Lipinski definition) is 1. The number of hydrogen-bond acceptors (Lipinski definition) is 5. The van der Waals surface area contributed by atoms with Crippen molar-refractivity contribution in [2.75, 3.05) is 25.3 Å². The Hall–Kier alpha value is -2.73. The van der Waals surface area contributed by atoms with E-state index in [1.807, 2.05) is 37.1 Å². The zero-order valence-electron chi connectivity index (χ0n) is 16.3. The maximum absolute atomic E-state index is 12.5. The lowest BCUT2D eigenvalue weighted by molar-refractivity contribution is 0.0951. The molecule has 1 aliphatic heterocycles. The zero-order chi connectivity index (χ0) is 20.1. The molecule has 28 heavy (non-hydrogen) atoms. The van der Waals surface area contributed by atoms with Crippen molar-refractivity contribution in [3.63, 3.8) is 0 Å². The van der Waals surface area contributed by atoms with Crippen molar-refractivity contribution in [1.29, 1.82) is 0 Å². The summed E-state index contributed by atoms with van der Waals surface area (Å²) in [5, 5.41) is 9.78. The van der Waals surface area contributed by atoms with Crippen molar-refractivity contribution in [3.05, 3.63) is 52.5 Å². The van der Waals surface area contributed by atoms with Gasteiger partial charge >= 0.3 is 0 Å². The van der Waals surface area contributed by atoms with E-state index in [4.69, 9.17) is 21.1 Å². The first-order valence-electron chi connectivity index (χ1n) is 9.21. The average Bonchev–Trinajstić information content (AvgIpc) is 3.14. The fraction of sp³-hybridized carbons (Fsp3) is 0.333. The number of halogens is 1. The third kappa shape index (κ3) is 4.57. The first-order valence-corrected chi connectivity index (χ1v) is 9.58. The number of nitrogens with zero attached hydrogens (tertiary/aromatic N) is 2. The van der Waals surface area contributed by atoms with Crippen LogP contribution in [0.5, 0.6) is 11.5 Å². The Kier molecular flexibility index (Phi) is 6.41. The fourth-order valence-electron chi connectivity index (χ4n) is 2.99. The van der Waals surface area contributed by atoms with Gasteiger partial charge in [0.25, 0.3) is 5.91 Å². The van der Waals surface area contributed by atoms with Gasteiger partial charge in [0, 0.05) is 30.8 Å². The Morgan fingerprint density at radius 3 is 2.64 bits per heavy atom. The molecule has 0 unspecified atom stereocenters. The third-order valence-corrected chi connectivity index (χ3v) is 4.72. The predicted molar refractivity (Wildman–Crippen MR) is 112 cm³/mol. The highest BCUT2D eigenvalue weighted by molar-refractivity contribution is 6.32. The number of carbonyl (C=O) groups excluding carboxylic acids is 1. The fourth-order valence-corrected chi connectivity index (χ4v) is 3.28. The topological polar surface area (TPSA) is 63.2 Å². The van der Waals surface area contributed by atoms with Gasteiger partial charge in [0.15, 0.2) is 11.5 Å². The summed E-state index contributed by atoms with van der Waals surface area (Å²) < 4.78 is 10.9. The van der Waals surface area contributed by atoms with Crippen molar-refractivity contribution in [2.24, 2.45) is 5.10 Å². The molecule has 2 aromatic carbocycles. The summed E-state index contributed by atoms with van der Waals surface area (Å²) in [6, 6.07) is 11.0. The summed E-state index contributed by atoms with van der Waals surface area (Å²) in [4.78, 5) is 12.5. The SMILES string of the molecule is CCOc1c(Cl)cc(CNC(=O)c2ccc(N3CCC(C)=N3)cc2)cc1OC. The minimum Gasteiger partial charge on any atom is -0.493 e. The van der Waals surface area contributed by atoms with Crippen LogP contribution in [-0.2, 0) is 6.54 Å². The molecule has 0 atom stereocenters. The number of nitrogens with one attached hydrogen (secondary N) is 1. The molecule has 2 aromatic rings. The van der Waals surface area contributed by atoms with Gasteiger partial charge in [-0.25, -0.2) is 0 Å². The molecule has 1 N–H and O–H groups in total. The van der Waals surface area contributed by atoms with Crippen LogP contribution in [0.15, 0.2) is 41.5 Å². The molecule has 1 amide bonds. The van der Waals surface area contributed by atoms with E-state index in [1.54, 1.807) is 25.3 Å². The molecule has 1 aliphatic rings. The van der Waals surface area contributed by atoms with Crippen LogP contribution in [0.3, 0.4) is 0 Å². The van der Waals surface area contributed by atoms with Gasteiger partial charge < -0.3 is 14.8 Å². The van der Waals surface area contributed by atoms with Gasteiger partial charge in [-0.15, -0.1) is 0 Å². The number of hydrazone groups is 1. The maximum Gasteiger partial charge on any atom is 0.251 e. The van der Waals surface area contributed by atoms with Crippen molar-refractivity contribution >= 4 is 28.9 Å². The quantitative estimate of drug-likeness (QED) is 0.752. The molecule has 0 bridgehead atoms. The van der Waals surface area contributed by atoms with Gasteiger partial charge in [-0.1, -0.05) is 11.6 Å². The highest BCUT2D eigenvalue weighted by Crippen LogP contribution is 2.36. The van der Waals surface area contributed by atoms with Crippen LogP contribution in [0.2, 0.25) is 5.02 Å². The number of rotatable bonds is 7. The third-order valence-electron chi connectivity index (χ3n) is 4.44. The van der Waals surface area contributed by atoms with Crippen molar-refractivity contribution < 1.29 is 14.3 Å². The molecule has 0 fully saturated rings. The molecule has 0 saturated heterocycles. The van der Waals surface area contributed by atoms with Gasteiger partial charge in [0.05, 0.1) is 24.4 Å². The average molecular weight is 402 g/mol. The molecule has 0 aromatic heterocycles. The summed E-state index contributed by atoms with van der Waals surface area (Å²) in [5.74, 6) is 0.901. The molecule has 6 nitrogen and oxygen atoms in total. The van der Waals surface area contributed by atoms with E-state index < -0.39 is 0 Å². The van der Waals surface area contributed by atoms with Gasteiger partial charge in [-0.3, -0.25) is 9.80 Å². The van der Waals surface area contributed by atoms with Crippen LogP contribution in [0.4, 0.5) is 5.69 Å². The highest BCUT2D eigenvalue weighted by Gasteiger charge is 2.15. The number of ether oxygens (including phenoxy) is 2. The second-order valence-electron chi connectivity index (χ2n) is 6.48. The molecule has 0 saturated carbocycles. The Bertz CT molecular complexity index is 881. The molecule has 0 radical (unpaired) electrons. The Morgan fingerprint density at radius 1 is 1.29 bits per heavy atom. The summed E-state index contributed by atoms with van der Waals surface area (Å²) in [5.41, 5.74) is 3.52. The molecule has 148 valence electrons. The number of carbonyl (C=O) groups is 1. The van der Waals surface area contributed by atoms with Crippen LogP contribution in [0.1, 0.15) is 36.2 Å². The lowest BCUT2D eigenvalue weighted by Crippen LogP contribution is -2.23. The summed E-state index contributed by atoms with van der Waals surface area (Å²) in [7, 11) is 1.56. The van der Waals surface area contributed by atoms with E-state index in [0.29, 0.717) is 35.2 Å².